The lowest BCUT2D eigenvalue weighted by Crippen LogP contribution is -2.33. The Morgan fingerprint density at radius 1 is 1.30 bits per heavy atom. The van der Waals surface area contributed by atoms with Crippen LogP contribution in [-0.4, -0.2) is 63.7 Å². The summed E-state index contributed by atoms with van der Waals surface area (Å²) in [5.74, 6) is 0. The van der Waals surface area contributed by atoms with Crippen LogP contribution in [0.15, 0.2) is 15.8 Å². The van der Waals surface area contributed by atoms with E-state index in [1.165, 1.54) is 13.1 Å². The number of nitrogens with zero attached hydrogens (tertiary/aromatic N) is 1. The normalized spacial score (nSPS) is 33.6. The number of phosphoric ester groups is 1. The van der Waals surface area contributed by atoms with E-state index in [9.17, 15) is 28.8 Å². The van der Waals surface area contributed by atoms with Gasteiger partial charge in [-0.2, -0.15) is 0 Å². The monoisotopic (exact) mass is 636 g/mol. The van der Waals surface area contributed by atoms with Crippen LogP contribution in [-0.2, 0) is 39.4 Å². The Morgan fingerprint density at radius 2 is 1.97 bits per heavy atom. The fraction of sp³-hybridized carbons (Fsp3) is 0.733. The van der Waals surface area contributed by atoms with Gasteiger partial charge in [0.15, 0.2) is 0 Å². The van der Waals surface area contributed by atoms with Gasteiger partial charge in [-0.25, -0.2) is 4.79 Å². The second-order valence-corrected chi connectivity index (χ2v) is 12.2. The third-order valence-corrected chi connectivity index (χ3v) is 7.61. The van der Waals surface area contributed by atoms with E-state index in [0.29, 0.717) is 4.43 Å². The number of aromatic amines is 1. The molecule has 2 fully saturated rings. The Labute approximate surface area is 208 Å². The summed E-state index contributed by atoms with van der Waals surface area (Å²) in [4.78, 5) is 58.9. The number of nitrogens with one attached hydrogen (secondary N) is 1. The molecular weight excluding hydrogens is 616 g/mol. The molecule has 13 nitrogen and oxygen atoms in total. The third kappa shape index (κ3) is 7.51. The summed E-state index contributed by atoms with van der Waals surface area (Å²) in [5, 5.41) is 0. The highest BCUT2D eigenvalue weighted by molar-refractivity contribution is 14.1. The maximum atomic E-state index is 12.4. The van der Waals surface area contributed by atoms with Crippen molar-refractivity contribution in [2.45, 2.75) is 56.4 Å². The Bertz CT molecular complexity index is 1070. The second-order valence-electron chi connectivity index (χ2n) is 7.45. The summed E-state index contributed by atoms with van der Waals surface area (Å²) < 4.78 is 39.9. The number of hydrogen-bond acceptors (Lipinski definition) is 11. The second kappa shape index (κ2) is 11.0. The number of hydrogen-bond donors (Lipinski definition) is 2. The highest BCUT2D eigenvalue weighted by Gasteiger charge is 2.40. The van der Waals surface area contributed by atoms with E-state index in [1.54, 1.807) is 0 Å². The molecule has 2 aliphatic rings. The molecule has 2 aliphatic heterocycles. The Hall–Kier alpha value is 0.0349. The summed E-state index contributed by atoms with van der Waals surface area (Å²) in [6.07, 6.45) is -3.29. The van der Waals surface area contributed by atoms with Gasteiger partial charge in [0.05, 0.1) is 24.9 Å². The van der Waals surface area contributed by atoms with Crippen molar-refractivity contribution < 1.29 is 42.3 Å². The molecular formula is C15H20BIN2O11P2S-2. The molecule has 0 amide bonds. The van der Waals surface area contributed by atoms with Gasteiger partial charge in [0.2, 0.25) is 0 Å². The average Bonchev–Trinajstić information content (AvgIpc) is 3.23. The van der Waals surface area contributed by atoms with Crippen molar-refractivity contribution in [3.63, 3.8) is 0 Å². The first-order valence-corrected chi connectivity index (χ1v) is 15.2. The number of alkyl halides is 1. The van der Waals surface area contributed by atoms with E-state index in [0.717, 1.165) is 4.57 Å². The summed E-state index contributed by atoms with van der Waals surface area (Å²) in [5.41, 5.74) is -0.951. The van der Waals surface area contributed by atoms with Gasteiger partial charge in [0.25, 0.3) is 13.4 Å². The summed E-state index contributed by atoms with van der Waals surface area (Å²) in [6.45, 7) is -3.35. The maximum Gasteiger partial charge on any atom is 0.330 e. The molecule has 2 radical (unpaired) electrons. The number of H-pyrrole nitrogens is 1. The minimum absolute atomic E-state index is 0.00513. The van der Waals surface area contributed by atoms with E-state index in [1.807, 2.05) is 22.6 Å². The van der Waals surface area contributed by atoms with Crippen molar-refractivity contribution in [2.24, 2.45) is 0 Å². The highest BCUT2D eigenvalue weighted by atomic mass is 127. The molecule has 184 valence electrons. The molecule has 8 unspecified atom stereocenters. The van der Waals surface area contributed by atoms with Crippen LogP contribution in [0.1, 0.15) is 24.6 Å². The summed E-state index contributed by atoms with van der Waals surface area (Å²) in [6, 6.07) is -0.858. The highest BCUT2D eigenvalue weighted by Crippen LogP contribution is 2.46. The van der Waals surface area contributed by atoms with E-state index < -0.39 is 69.0 Å². The first-order valence-electron chi connectivity index (χ1n) is 9.58. The molecule has 3 rings (SSSR count). The van der Waals surface area contributed by atoms with Gasteiger partial charge < -0.3 is 37.7 Å². The first kappa shape index (κ1) is 27.6. The molecule has 1 aromatic heterocycles. The largest absolute Gasteiger partial charge is 0.780 e. The van der Waals surface area contributed by atoms with Crippen molar-refractivity contribution in [2.75, 3.05) is 11.0 Å². The summed E-state index contributed by atoms with van der Waals surface area (Å²) >= 11 is 6.30. The minimum atomic E-state index is -4.90. The zero-order valence-electron chi connectivity index (χ0n) is 17.1. The van der Waals surface area contributed by atoms with E-state index in [2.05, 4.69) is 16.8 Å². The average molecular weight is 636 g/mol. The molecule has 3 heterocycles. The number of halogens is 1. The van der Waals surface area contributed by atoms with Crippen LogP contribution < -0.4 is 21.0 Å². The Kier molecular flexibility index (Phi) is 9.18. The molecule has 0 aliphatic carbocycles. The van der Waals surface area contributed by atoms with Crippen LogP contribution in [0.25, 0.3) is 0 Å². The van der Waals surface area contributed by atoms with Crippen LogP contribution in [0.2, 0.25) is 0 Å². The lowest BCUT2D eigenvalue weighted by molar-refractivity contribution is -0.233. The lowest BCUT2D eigenvalue weighted by Gasteiger charge is -2.31. The van der Waals surface area contributed by atoms with E-state index >= 15 is 0 Å². The van der Waals surface area contributed by atoms with Crippen molar-refractivity contribution in [1.82, 2.24) is 9.55 Å². The van der Waals surface area contributed by atoms with Crippen molar-refractivity contribution in [1.29, 1.82) is 0 Å². The van der Waals surface area contributed by atoms with Crippen molar-refractivity contribution in [3.05, 3.63) is 32.6 Å². The van der Waals surface area contributed by atoms with E-state index in [4.69, 9.17) is 30.9 Å². The maximum absolute atomic E-state index is 12.4. The van der Waals surface area contributed by atoms with Gasteiger partial charge in [-0.05, 0) is 13.3 Å². The fourth-order valence-electron chi connectivity index (χ4n) is 3.46. The van der Waals surface area contributed by atoms with Crippen LogP contribution in [0, 0.1) is 6.92 Å². The third-order valence-electron chi connectivity index (χ3n) is 4.95. The first-order chi connectivity index (χ1) is 15.3. The van der Waals surface area contributed by atoms with Crippen LogP contribution >= 0.6 is 37.1 Å². The topological polar surface area (TPSA) is 184 Å². The standard InChI is InChI=1S/C15H22BIN2O11P2S/c1-7-5-19(15(21)18-14(7)20)13-3-9(10(4-17)28-13)29-31(22,23)26-6-11-8(2-12(16)27-11)30-32(24,25)33/h5,8-13H,2-4,6H2,1H3,(H,22,23)(H,18,20,21)(H2,24,25,33)/p-2. The number of aryl methyl sites for hydroxylation is 1. The van der Waals surface area contributed by atoms with Crippen molar-refractivity contribution >= 4 is 56.8 Å². The van der Waals surface area contributed by atoms with Crippen LogP contribution in [0.3, 0.4) is 0 Å². The predicted molar refractivity (Wildman–Crippen MR) is 122 cm³/mol. The smallest absolute Gasteiger partial charge is 0.330 e. The Balaban J connectivity index is 1.64. The van der Waals surface area contributed by atoms with Gasteiger partial charge >= 0.3 is 5.69 Å². The molecule has 0 aromatic carbocycles. The van der Waals surface area contributed by atoms with Gasteiger partial charge in [0.1, 0.15) is 26.9 Å². The molecule has 8 atom stereocenters. The van der Waals surface area contributed by atoms with Gasteiger partial charge in [-0.15, -0.1) is 0 Å². The number of ether oxygens (including phenoxy) is 2. The SMILES string of the molecule is [B]C1CC(OP([O-])(O)=S)C(COP(=O)([O-])OC2CC(n3cc(C)c(=O)[nH]c3=O)OC2CI)O1. The van der Waals surface area contributed by atoms with E-state index in [-0.39, 0.29) is 18.4 Å². The number of phosphoric acid groups is 1. The molecule has 2 saturated heterocycles. The van der Waals surface area contributed by atoms with Gasteiger partial charge in [-0.3, -0.25) is 18.9 Å². The fourth-order valence-corrected chi connectivity index (χ4v) is 6.07. The lowest BCUT2D eigenvalue weighted by atomic mass is 9.96. The number of aromatic nitrogens is 2. The van der Waals surface area contributed by atoms with Gasteiger partial charge in [0, 0.05) is 28.6 Å². The van der Waals surface area contributed by atoms with Gasteiger partial charge in [-0.1, -0.05) is 34.4 Å². The van der Waals surface area contributed by atoms with Crippen LogP contribution in [0.4, 0.5) is 0 Å². The predicted octanol–water partition coefficient (Wildman–Crippen LogP) is -1.32. The Morgan fingerprint density at radius 3 is 2.61 bits per heavy atom. The zero-order chi connectivity index (χ0) is 24.6. The molecule has 2 N–H and O–H groups in total. The van der Waals surface area contributed by atoms with Crippen LogP contribution in [0.5, 0.6) is 0 Å². The molecule has 0 saturated carbocycles. The molecule has 1 aromatic rings. The van der Waals surface area contributed by atoms with Crippen molar-refractivity contribution in [3.8, 4) is 0 Å². The zero-order valence-corrected chi connectivity index (χ0v) is 21.9. The number of rotatable bonds is 9. The minimum Gasteiger partial charge on any atom is -0.780 e. The molecule has 18 heteroatoms. The molecule has 33 heavy (non-hydrogen) atoms. The quantitative estimate of drug-likeness (QED) is 0.141. The summed E-state index contributed by atoms with van der Waals surface area (Å²) in [7, 11) is 0.734. The molecule has 0 spiro atoms. The molecule has 0 bridgehead atoms.